The summed E-state index contributed by atoms with van der Waals surface area (Å²) in [5, 5.41) is 9.20. The molecule has 2 aromatic heterocycles. The van der Waals surface area contributed by atoms with Gasteiger partial charge in [-0.2, -0.15) is 5.26 Å². The lowest BCUT2D eigenvalue weighted by molar-refractivity contribution is -0.133. The summed E-state index contributed by atoms with van der Waals surface area (Å²) in [6.07, 6.45) is 5.80. The molecule has 0 amide bonds. The van der Waals surface area contributed by atoms with Crippen LogP contribution in [0, 0.1) is 11.3 Å². The summed E-state index contributed by atoms with van der Waals surface area (Å²) in [6.45, 7) is 0. The fraction of sp³-hybridized carbons (Fsp3) is 0.0769. The van der Waals surface area contributed by atoms with Crippen LogP contribution in [-0.4, -0.2) is 30.2 Å². The zero-order chi connectivity index (χ0) is 24.9. The quantitative estimate of drug-likeness (QED) is 0.199. The predicted molar refractivity (Wildman–Crippen MR) is 125 cm³/mol. The molecule has 35 heavy (non-hydrogen) atoms. The summed E-state index contributed by atoms with van der Waals surface area (Å²) >= 11 is 0. The van der Waals surface area contributed by atoms with Gasteiger partial charge in [0.25, 0.3) is 0 Å². The van der Waals surface area contributed by atoms with Crippen LogP contribution in [0.15, 0.2) is 96.3 Å². The molecular formula is C26H21N3O6. The molecule has 4 rings (SSSR count). The van der Waals surface area contributed by atoms with E-state index in [1.807, 2.05) is 12.1 Å². The Morgan fingerprint density at radius 2 is 1.54 bits per heavy atom. The van der Waals surface area contributed by atoms with Crippen LogP contribution in [0.4, 0.5) is 0 Å². The van der Waals surface area contributed by atoms with Gasteiger partial charge in [0, 0.05) is 5.56 Å². The van der Waals surface area contributed by atoms with Crippen LogP contribution in [0.25, 0.3) is 5.57 Å². The minimum Gasteiger partial charge on any atom is -0.503 e. The molecule has 9 heteroatoms. The molecule has 176 valence electrons. The Balaban J connectivity index is 0.000000607. The van der Waals surface area contributed by atoms with Gasteiger partial charge in [0.2, 0.25) is 11.8 Å². The van der Waals surface area contributed by atoms with Crippen molar-refractivity contribution in [1.29, 1.82) is 5.26 Å². The summed E-state index contributed by atoms with van der Waals surface area (Å²) in [4.78, 5) is 20.3. The van der Waals surface area contributed by atoms with Gasteiger partial charge < -0.3 is 23.4 Å². The van der Waals surface area contributed by atoms with Crippen LogP contribution in [0.5, 0.6) is 23.3 Å². The Hall–Kier alpha value is -5.10. The van der Waals surface area contributed by atoms with E-state index in [-0.39, 0.29) is 17.3 Å². The molecule has 0 radical (unpaired) electrons. The maximum atomic E-state index is 12.1. The van der Waals surface area contributed by atoms with Gasteiger partial charge in [0.05, 0.1) is 44.6 Å². The molecule has 0 aliphatic rings. The SMILES string of the molecule is CO/C=C(/C(=O)OC)c1ccccc1Oc1cc(Oc2ccccc2C#N)ncn1.c1ccoc1. The molecule has 0 aliphatic heterocycles. The highest BCUT2D eigenvalue weighted by molar-refractivity contribution is 6.17. The minimum atomic E-state index is -0.576. The second-order valence-corrected chi connectivity index (χ2v) is 6.55. The third kappa shape index (κ3) is 6.94. The third-order valence-corrected chi connectivity index (χ3v) is 4.30. The molecule has 4 aromatic rings. The average molecular weight is 471 g/mol. The van der Waals surface area contributed by atoms with Crippen molar-refractivity contribution in [1.82, 2.24) is 9.97 Å². The van der Waals surface area contributed by atoms with Crippen LogP contribution >= 0.6 is 0 Å². The van der Waals surface area contributed by atoms with Gasteiger partial charge in [-0.3, -0.25) is 0 Å². The van der Waals surface area contributed by atoms with Gasteiger partial charge in [0.1, 0.15) is 29.5 Å². The van der Waals surface area contributed by atoms with Crippen molar-refractivity contribution < 1.29 is 28.2 Å². The van der Waals surface area contributed by atoms with Crippen molar-refractivity contribution in [2.75, 3.05) is 14.2 Å². The molecule has 0 saturated heterocycles. The van der Waals surface area contributed by atoms with E-state index in [1.165, 1.54) is 32.9 Å². The van der Waals surface area contributed by atoms with Gasteiger partial charge in [-0.15, -0.1) is 0 Å². The lowest BCUT2D eigenvalue weighted by atomic mass is 10.1. The summed E-state index contributed by atoms with van der Waals surface area (Å²) in [5.74, 6) is 0.520. The number of rotatable bonds is 7. The monoisotopic (exact) mass is 471 g/mol. The number of methoxy groups -OCH3 is 2. The molecule has 0 spiro atoms. The first kappa shape index (κ1) is 24.5. The van der Waals surface area contributed by atoms with E-state index in [4.69, 9.17) is 18.9 Å². The molecule has 0 fully saturated rings. The summed E-state index contributed by atoms with van der Waals surface area (Å²) in [5.41, 5.74) is 1.02. The first-order valence-corrected chi connectivity index (χ1v) is 10.2. The maximum absolute atomic E-state index is 12.1. The standard InChI is InChI=1S/C22H17N3O5.C4H4O/c1-27-13-17(22(26)28-2)16-8-4-6-10-19(16)30-21-11-20(24-14-25-21)29-18-9-5-3-7-15(18)12-23;1-2-4-5-3-1/h3-11,13-14H,1-2H3;1-4H/b17-13+;. The highest BCUT2D eigenvalue weighted by Gasteiger charge is 2.18. The van der Waals surface area contributed by atoms with Gasteiger partial charge in [0.15, 0.2) is 0 Å². The minimum absolute atomic E-state index is 0.184. The second-order valence-electron chi connectivity index (χ2n) is 6.55. The molecule has 2 heterocycles. The van der Waals surface area contributed by atoms with Crippen molar-refractivity contribution in [2.24, 2.45) is 0 Å². The van der Waals surface area contributed by atoms with Gasteiger partial charge in [-0.1, -0.05) is 30.3 Å². The number of hydrogen-bond donors (Lipinski definition) is 0. The number of benzene rings is 2. The molecule has 0 saturated carbocycles. The van der Waals surface area contributed by atoms with E-state index in [1.54, 1.807) is 61.1 Å². The average Bonchev–Trinajstić information content (AvgIpc) is 3.48. The number of ether oxygens (including phenoxy) is 4. The van der Waals surface area contributed by atoms with Crippen molar-refractivity contribution in [3.63, 3.8) is 0 Å². The summed E-state index contributed by atoms with van der Waals surface area (Å²) in [6, 6.07) is 20.9. The Morgan fingerprint density at radius 1 is 0.914 bits per heavy atom. The fourth-order valence-electron chi connectivity index (χ4n) is 2.76. The van der Waals surface area contributed by atoms with Crippen LogP contribution in [0.1, 0.15) is 11.1 Å². The third-order valence-electron chi connectivity index (χ3n) is 4.30. The van der Waals surface area contributed by atoms with Gasteiger partial charge in [-0.25, -0.2) is 14.8 Å². The highest BCUT2D eigenvalue weighted by atomic mass is 16.5. The number of nitriles is 1. The van der Waals surface area contributed by atoms with E-state index in [0.29, 0.717) is 22.6 Å². The molecule has 0 atom stereocenters. The Labute approximate surface area is 201 Å². The smallest absolute Gasteiger partial charge is 0.341 e. The first-order chi connectivity index (χ1) is 17.2. The molecule has 0 bridgehead atoms. The summed E-state index contributed by atoms with van der Waals surface area (Å²) in [7, 11) is 2.71. The summed E-state index contributed by atoms with van der Waals surface area (Å²) < 4.78 is 26.0. The lowest BCUT2D eigenvalue weighted by Gasteiger charge is -2.12. The Bertz CT molecular complexity index is 1300. The van der Waals surface area contributed by atoms with E-state index < -0.39 is 5.97 Å². The number of nitrogens with zero attached hydrogens (tertiary/aromatic N) is 3. The van der Waals surface area contributed by atoms with Gasteiger partial charge >= 0.3 is 5.97 Å². The van der Waals surface area contributed by atoms with Crippen molar-refractivity contribution >= 4 is 11.5 Å². The number of esters is 1. The zero-order valence-corrected chi connectivity index (χ0v) is 19.0. The number of para-hydroxylation sites is 2. The molecule has 0 unspecified atom stereocenters. The van der Waals surface area contributed by atoms with E-state index in [2.05, 4.69) is 20.5 Å². The van der Waals surface area contributed by atoms with E-state index >= 15 is 0 Å². The molecule has 0 aliphatic carbocycles. The van der Waals surface area contributed by atoms with Crippen molar-refractivity contribution in [2.45, 2.75) is 0 Å². The Morgan fingerprint density at radius 3 is 2.14 bits per heavy atom. The van der Waals surface area contributed by atoms with Gasteiger partial charge in [-0.05, 0) is 30.3 Å². The number of aromatic nitrogens is 2. The number of furan rings is 1. The molecule has 9 nitrogen and oxygen atoms in total. The topological polar surface area (TPSA) is 117 Å². The Kier molecular flexibility index (Phi) is 8.98. The number of hydrogen-bond acceptors (Lipinski definition) is 9. The van der Waals surface area contributed by atoms with E-state index in [9.17, 15) is 10.1 Å². The van der Waals surface area contributed by atoms with Crippen LogP contribution < -0.4 is 9.47 Å². The van der Waals surface area contributed by atoms with Crippen LogP contribution in [0.3, 0.4) is 0 Å². The van der Waals surface area contributed by atoms with Crippen molar-refractivity contribution in [3.8, 4) is 29.3 Å². The van der Waals surface area contributed by atoms with Crippen LogP contribution in [0.2, 0.25) is 0 Å². The maximum Gasteiger partial charge on any atom is 0.341 e. The fourth-order valence-corrected chi connectivity index (χ4v) is 2.76. The van der Waals surface area contributed by atoms with Crippen LogP contribution in [-0.2, 0) is 14.3 Å². The molecule has 2 aromatic carbocycles. The second kappa shape index (κ2) is 12.8. The molecular weight excluding hydrogens is 450 g/mol. The lowest BCUT2D eigenvalue weighted by Crippen LogP contribution is -2.06. The first-order valence-electron chi connectivity index (χ1n) is 10.2. The predicted octanol–water partition coefficient (Wildman–Crippen LogP) is 5.37. The number of carbonyl (C=O) groups is 1. The van der Waals surface area contributed by atoms with E-state index in [0.717, 1.165) is 0 Å². The van der Waals surface area contributed by atoms with Crippen molar-refractivity contribution in [3.05, 3.63) is 103 Å². The largest absolute Gasteiger partial charge is 0.503 e. The zero-order valence-electron chi connectivity index (χ0n) is 19.0. The number of carbonyl (C=O) groups excluding carboxylic acids is 1. The normalized spacial score (nSPS) is 10.3. The molecule has 0 N–H and O–H groups in total. The highest BCUT2D eigenvalue weighted by Crippen LogP contribution is 2.32.